The fraction of sp³-hybridized carbons (Fsp3) is 0.889. The lowest BCUT2D eigenvalue weighted by molar-refractivity contribution is -0.138. The highest BCUT2D eigenvalue weighted by molar-refractivity contribution is 5.85. The van der Waals surface area contributed by atoms with Gasteiger partial charge in [-0.25, -0.2) is 0 Å². The molecule has 0 bridgehead atoms. The third-order valence-corrected chi connectivity index (χ3v) is 2.31. The van der Waals surface area contributed by atoms with E-state index in [1.165, 1.54) is 0 Å². The molecule has 0 aromatic rings. The Morgan fingerprint density at radius 2 is 2.23 bits per heavy atom. The summed E-state index contributed by atoms with van der Waals surface area (Å²) in [7, 11) is 0. The van der Waals surface area contributed by atoms with Crippen LogP contribution in [0, 0.1) is 0 Å². The molecule has 1 fully saturated rings. The third kappa shape index (κ3) is 2.42. The molecule has 0 saturated carbocycles. The summed E-state index contributed by atoms with van der Waals surface area (Å²) >= 11 is 0. The molecule has 0 aromatic carbocycles. The molecule has 0 aliphatic carbocycles. The number of amides is 1. The molecule has 13 heavy (non-hydrogen) atoms. The number of rotatable bonds is 1. The number of carbonyl (C=O) groups is 1. The van der Waals surface area contributed by atoms with E-state index >= 15 is 0 Å². The molecule has 1 unspecified atom stereocenters. The molecule has 4 nitrogen and oxygen atoms in total. The summed E-state index contributed by atoms with van der Waals surface area (Å²) < 4.78 is 0. The minimum absolute atomic E-state index is 0.0431. The highest BCUT2D eigenvalue weighted by Crippen LogP contribution is 2.09. The Hall–Kier alpha value is -0.610. The molecule has 0 spiro atoms. The lowest BCUT2D eigenvalue weighted by Gasteiger charge is -2.37. The van der Waals surface area contributed by atoms with E-state index in [-0.39, 0.29) is 11.9 Å². The van der Waals surface area contributed by atoms with Gasteiger partial charge in [0.25, 0.3) is 0 Å². The molecule has 1 atom stereocenters. The minimum Gasteiger partial charge on any atom is -0.336 e. The van der Waals surface area contributed by atoms with Gasteiger partial charge in [-0.05, 0) is 20.8 Å². The smallest absolute Gasteiger partial charge is 0.242 e. The zero-order chi connectivity index (χ0) is 10.1. The van der Waals surface area contributed by atoms with Crippen LogP contribution >= 0.6 is 0 Å². The molecule has 0 radical (unpaired) electrons. The van der Waals surface area contributed by atoms with Gasteiger partial charge in [0.15, 0.2) is 0 Å². The summed E-state index contributed by atoms with van der Waals surface area (Å²) in [5.74, 6) is 0.0431. The molecule has 4 heteroatoms. The number of hydrogen-bond acceptors (Lipinski definition) is 3. The van der Waals surface area contributed by atoms with Crippen LogP contribution in [0.2, 0.25) is 0 Å². The van der Waals surface area contributed by atoms with Crippen molar-refractivity contribution in [2.75, 3.05) is 19.6 Å². The van der Waals surface area contributed by atoms with Gasteiger partial charge < -0.3 is 16.0 Å². The Labute approximate surface area is 79.5 Å². The minimum atomic E-state index is -0.744. The summed E-state index contributed by atoms with van der Waals surface area (Å²) in [6.45, 7) is 8.04. The van der Waals surface area contributed by atoms with Crippen LogP contribution in [0.1, 0.15) is 20.8 Å². The first-order chi connectivity index (χ1) is 5.93. The van der Waals surface area contributed by atoms with Gasteiger partial charge in [0.2, 0.25) is 5.91 Å². The standard InChI is InChI=1S/C9H19N3O/c1-7-6-11-4-5-12(7)8(13)9(2,3)10/h7,11H,4-6,10H2,1-3H3. The van der Waals surface area contributed by atoms with Crippen LogP contribution in [0.5, 0.6) is 0 Å². The molecule has 0 aromatic heterocycles. The predicted octanol–water partition coefficient (Wildman–Crippen LogP) is -0.456. The number of carbonyl (C=O) groups excluding carboxylic acids is 1. The molecule has 76 valence electrons. The number of nitrogens with two attached hydrogens (primary N) is 1. The van der Waals surface area contributed by atoms with Crippen LogP contribution in [0.15, 0.2) is 0 Å². The number of hydrogen-bond donors (Lipinski definition) is 2. The van der Waals surface area contributed by atoms with Crippen molar-refractivity contribution in [1.82, 2.24) is 10.2 Å². The molecule has 1 aliphatic heterocycles. The van der Waals surface area contributed by atoms with Crippen molar-refractivity contribution < 1.29 is 4.79 Å². The van der Waals surface area contributed by atoms with Crippen LogP contribution in [0.25, 0.3) is 0 Å². The Morgan fingerprint density at radius 1 is 1.62 bits per heavy atom. The first-order valence-electron chi connectivity index (χ1n) is 4.73. The maximum Gasteiger partial charge on any atom is 0.242 e. The summed E-state index contributed by atoms with van der Waals surface area (Å²) in [5, 5.41) is 3.24. The first-order valence-corrected chi connectivity index (χ1v) is 4.73. The second-order valence-corrected chi connectivity index (χ2v) is 4.27. The zero-order valence-corrected chi connectivity index (χ0v) is 8.63. The maximum absolute atomic E-state index is 11.8. The van der Waals surface area contributed by atoms with Gasteiger partial charge in [0.05, 0.1) is 5.54 Å². The van der Waals surface area contributed by atoms with Crippen LogP contribution in [-0.2, 0) is 4.79 Å². The highest BCUT2D eigenvalue weighted by atomic mass is 16.2. The van der Waals surface area contributed by atoms with Crippen LogP contribution < -0.4 is 11.1 Å². The second-order valence-electron chi connectivity index (χ2n) is 4.27. The van der Waals surface area contributed by atoms with Crippen LogP contribution in [-0.4, -0.2) is 42.0 Å². The first kappa shape index (κ1) is 10.5. The number of nitrogens with one attached hydrogen (secondary N) is 1. The van der Waals surface area contributed by atoms with Gasteiger partial charge in [-0.3, -0.25) is 4.79 Å². The lowest BCUT2D eigenvalue weighted by Crippen LogP contribution is -2.59. The fourth-order valence-electron chi connectivity index (χ4n) is 1.51. The van der Waals surface area contributed by atoms with Gasteiger partial charge in [-0.15, -0.1) is 0 Å². The van der Waals surface area contributed by atoms with Crippen molar-refractivity contribution in [3.8, 4) is 0 Å². The van der Waals surface area contributed by atoms with Gasteiger partial charge in [-0.2, -0.15) is 0 Å². The second kappa shape index (κ2) is 3.64. The van der Waals surface area contributed by atoms with E-state index in [2.05, 4.69) is 5.32 Å². The maximum atomic E-state index is 11.8. The van der Waals surface area contributed by atoms with E-state index in [1.807, 2.05) is 11.8 Å². The summed E-state index contributed by atoms with van der Waals surface area (Å²) in [4.78, 5) is 13.7. The molecule has 1 amide bonds. The van der Waals surface area contributed by atoms with E-state index in [9.17, 15) is 4.79 Å². The van der Waals surface area contributed by atoms with Crippen molar-refractivity contribution in [3.63, 3.8) is 0 Å². The Kier molecular flexibility index (Phi) is 2.93. The quantitative estimate of drug-likeness (QED) is 0.581. The van der Waals surface area contributed by atoms with Gasteiger partial charge >= 0.3 is 0 Å². The molecule has 1 aliphatic rings. The SMILES string of the molecule is CC1CNCCN1C(=O)C(C)(C)N. The monoisotopic (exact) mass is 185 g/mol. The third-order valence-electron chi connectivity index (χ3n) is 2.31. The van der Waals surface area contributed by atoms with Crippen LogP contribution in [0.4, 0.5) is 0 Å². The predicted molar refractivity (Wildman–Crippen MR) is 52.3 cm³/mol. The molecule has 3 N–H and O–H groups in total. The van der Waals surface area contributed by atoms with E-state index in [4.69, 9.17) is 5.73 Å². The van der Waals surface area contributed by atoms with Gasteiger partial charge in [0, 0.05) is 25.7 Å². The van der Waals surface area contributed by atoms with Crippen molar-refractivity contribution in [2.45, 2.75) is 32.4 Å². The Bertz CT molecular complexity index is 198. The largest absolute Gasteiger partial charge is 0.336 e. The summed E-state index contributed by atoms with van der Waals surface area (Å²) in [6.07, 6.45) is 0. The van der Waals surface area contributed by atoms with Crippen molar-refractivity contribution in [1.29, 1.82) is 0 Å². The van der Waals surface area contributed by atoms with Gasteiger partial charge in [0.1, 0.15) is 0 Å². The van der Waals surface area contributed by atoms with E-state index in [0.29, 0.717) is 0 Å². The molecule has 1 rings (SSSR count). The summed E-state index contributed by atoms with van der Waals surface area (Å²) in [6, 6.07) is 0.254. The molecular weight excluding hydrogens is 166 g/mol. The van der Waals surface area contributed by atoms with Crippen molar-refractivity contribution in [2.24, 2.45) is 5.73 Å². The average Bonchev–Trinajstić information content (AvgIpc) is 2.02. The molecule has 1 saturated heterocycles. The van der Waals surface area contributed by atoms with E-state index in [1.54, 1.807) is 13.8 Å². The van der Waals surface area contributed by atoms with Crippen molar-refractivity contribution >= 4 is 5.91 Å². The number of piperazine rings is 1. The van der Waals surface area contributed by atoms with E-state index < -0.39 is 5.54 Å². The fourth-order valence-corrected chi connectivity index (χ4v) is 1.51. The highest BCUT2D eigenvalue weighted by Gasteiger charge is 2.31. The molecule has 1 heterocycles. The topological polar surface area (TPSA) is 58.4 Å². The van der Waals surface area contributed by atoms with Crippen molar-refractivity contribution in [3.05, 3.63) is 0 Å². The summed E-state index contributed by atoms with van der Waals surface area (Å²) in [5.41, 5.74) is 5.02. The normalized spacial score (nSPS) is 24.6. The van der Waals surface area contributed by atoms with Gasteiger partial charge in [-0.1, -0.05) is 0 Å². The Morgan fingerprint density at radius 3 is 2.69 bits per heavy atom. The lowest BCUT2D eigenvalue weighted by atomic mass is 10.0. The Balaban J connectivity index is 2.64. The van der Waals surface area contributed by atoms with Crippen LogP contribution in [0.3, 0.4) is 0 Å². The molecular formula is C9H19N3O. The van der Waals surface area contributed by atoms with E-state index in [0.717, 1.165) is 19.6 Å². The number of nitrogens with zero attached hydrogens (tertiary/aromatic N) is 1. The average molecular weight is 185 g/mol. The zero-order valence-electron chi connectivity index (χ0n) is 8.63.